The Morgan fingerprint density at radius 3 is 2.35 bits per heavy atom. The molecule has 178 valence electrons. The predicted molar refractivity (Wildman–Crippen MR) is 143 cm³/mol. The van der Waals surface area contributed by atoms with Gasteiger partial charge in [-0.05, 0) is 79.1 Å². The number of fused-ring (bicyclic) bond motifs is 1. The molecule has 1 amide bonds. The number of nitrogens with zero attached hydrogens (tertiary/aromatic N) is 2. The lowest BCUT2D eigenvalue weighted by molar-refractivity contribution is -0.119. The second-order valence-corrected chi connectivity index (χ2v) is 12.6. The molecule has 4 rings (SSSR count). The normalized spacial score (nSPS) is 15.6. The quantitative estimate of drug-likeness (QED) is 0.300. The summed E-state index contributed by atoms with van der Waals surface area (Å²) in [6.07, 6.45) is 0.701. The highest BCUT2D eigenvalue weighted by atomic mass is 79.9. The van der Waals surface area contributed by atoms with Gasteiger partial charge in [0.2, 0.25) is 15.9 Å². The average molecular weight is 647 g/mol. The molecule has 1 aliphatic rings. The largest absolute Gasteiger partial charge is 0.308 e. The van der Waals surface area contributed by atoms with Gasteiger partial charge in [-0.2, -0.15) is 4.31 Å². The molecule has 1 heterocycles. The molecule has 0 spiro atoms. The minimum absolute atomic E-state index is 0.0313. The SMILES string of the molecule is C[C@H]1Cc2cc(Br)ccc2N1C(=O)CN(Cc1ccc(Cl)c(Cl)c1)S(=O)(=O)c1ccc(Br)cc1. The van der Waals surface area contributed by atoms with E-state index in [4.69, 9.17) is 23.2 Å². The van der Waals surface area contributed by atoms with Crippen molar-refractivity contribution in [1.82, 2.24) is 4.31 Å². The van der Waals surface area contributed by atoms with Crippen LogP contribution in [0.5, 0.6) is 0 Å². The van der Waals surface area contributed by atoms with E-state index in [2.05, 4.69) is 31.9 Å². The summed E-state index contributed by atoms with van der Waals surface area (Å²) >= 11 is 19.0. The summed E-state index contributed by atoms with van der Waals surface area (Å²) in [6.45, 7) is 1.60. The van der Waals surface area contributed by atoms with Crippen molar-refractivity contribution >= 4 is 76.7 Å². The van der Waals surface area contributed by atoms with Crippen molar-refractivity contribution in [2.75, 3.05) is 11.4 Å². The Kier molecular flexibility index (Phi) is 7.77. The summed E-state index contributed by atoms with van der Waals surface area (Å²) in [4.78, 5) is 15.3. The molecule has 0 fully saturated rings. The number of hydrogen-bond donors (Lipinski definition) is 0. The average Bonchev–Trinajstić information content (AvgIpc) is 3.10. The highest BCUT2D eigenvalue weighted by Crippen LogP contribution is 2.35. The highest BCUT2D eigenvalue weighted by molar-refractivity contribution is 9.10. The van der Waals surface area contributed by atoms with Gasteiger partial charge in [0, 0.05) is 27.2 Å². The van der Waals surface area contributed by atoms with Crippen molar-refractivity contribution in [2.24, 2.45) is 0 Å². The van der Waals surface area contributed by atoms with E-state index in [0.717, 1.165) is 20.2 Å². The standard InChI is InChI=1S/C24H20Br2Cl2N2O3S/c1-15-10-17-12-19(26)5-9-23(17)30(15)24(31)14-29(13-16-2-8-21(27)22(28)11-16)34(32,33)20-6-3-18(25)4-7-20/h2-9,11-12,15H,10,13-14H2,1H3/t15-/m0/s1. The van der Waals surface area contributed by atoms with Gasteiger partial charge >= 0.3 is 0 Å². The summed E-state index contributed by atoms with van der Waals surface area (Å²) < 4.78 is 30.1. The van der Waals surface area contributed by atoms with Crippen molar-refractivity contribution in [1.29, 1.82) is 0 Å². The van der Waals surface area contributed by atoms with Gasteiger partial charge in [-0.3, -0.25) is 4.79 Å². The van der Waals surface area contributed by atoms with Crippen LogP contribution in [0.15, 0.2) is 74.5 Å². The van der Waals surface area contributed by atoms with Crippen LogP contribution >= 0.6 is 55.1 Å². The maximum atomic E-state index is 13.6. The molecular formula is C24H20Br2Cl2N2O3S. The Balaban J connectivity index is 1.68. The fraction of sp³-hybridized carbons (Fsp3) is 0.208. The third-order valence-electron chi connectivity index (χ3n) is 5.63. The molecular weight excluding hydrogens is 627 g/mol. The van der Waals surface area contributed by atoms with Crippen LogP contribution in [-0.4, -0.2) is 31.2 Å². The Morgan fingerprint density at radius 2 is 1.68 bits per heavy atom. The summed E-state index contributed by atoms with van der Waals surface area (Å²) in [5.74, 6) is -0.297. The minimum atomic E-state index is -3.98. The van der Waals surface area contributed by atoms with E-state index in [9.17, 15) is 13.2 Å². The molecule has 0 aromatic heterocycles. The van der Waals surface area contributed by atoms with Crippen LogP contribution in [0.4, 0.5) is 5.69 Å². The van der Waals surface area contributed by atoms with E-state index in [1.165, 1.54) is 16.4 Å². The van der Waals surface area contributed by atoms with Crippen LogP contribution in [0.3, 0.4) is 0 Å². The number of rotatable bonds is 6. The zero-order valence-electron chi connectivity index (χ0n) is 18.0. The zero-order chi connectivity index (χ0) is 24.6. The van der Waals surface area contributed by atoms with E-state index < -0.39 is 10.0 Å². The lowest BCUT2D eigenvalue weighted by atomic mass is 10.1. The molecule has 3 aromatic carbocycles. The molecule has 0 radical (unpaired) electrons. The number of halogens is 4. The van der Waals surface area contributed by atoms with E-state index in [-0.39, 0.29) is 29.9 Å². The fourth-order valence-electron chi connectivity index (χ4n) is 4.03. The van der Waals surface area contributed by atoms with Gasteiger partial charge in [0.05, 0.1) is 21.5 Å². The van der Waals surface area contributed by atoms with Crippen LogP contribution in [0.25, 0.3) is 0 Å². The summed E-state index contributed by atoms with van der Waals surface area (Å²) in [7, 11) is -3.98. The summed E-state index contributed by atoms with van der Waals surface area (Å²) in [6, 6.07) is 16.9. The lowest BCUT2D eigenvalue weighted by Crippen LogP contribution is -2.44. The predicted octanol–water partition coefficient (Wildman–Crippen LogP) is 6.69. The van der Waals surface area contributed by atoms with E-state index in [1.807, 2.05) is 25.1 Å². The topological polar surface area (TPSA) is 57.7 Å². The molecule has 1 aliphatic heterocycles. The van der Waals surface area contributed by atoms with Gasteiger partial charge in [-0.15, -0.1) is 0 Å². The van der Waals surface area contributed by atoms with E-state index in [1.54, 1.807) is 35.2 Å². The van der Waals surface area contributed by atoms with E-state index >= 15 is 0 Å². The van der Waals surface area contributed by atoms with Crippen molar-refractivity contribution < 1.29 is 13.2 Å². The summed E-state index contributed by atoms with van der Waals surface area (Å²) in [5, 5.41) is 0.691. The van der Waals surface area contributed by atoms with Crippen molar-refractivity contribution in [3.05, 3.63) is 90.8 Å². The monoisotopic (exact) mass is 644 g/mol. The Morgan fingerprint density at radius 1 is 1.00 bits per heavy atom. The number of carbonyl (C=O) groups excluding carboxylic acids is 1. The molecule has 0 bridgehead atoms. The maximum absolute atomic E-state index is 13.6. The van der Waals surface area contributed by atoms with Crippen molar-refractivity contribution in [2.45, 2.75) is 30.8 Å². The molecule has 10 heteroatoms. The van der Waals surface area contributed by atoms with Gasteiger partial charge in [-0.25, -0.2) is 8.42 Å². The number of carbonyl (C=O) groups is 1. The van der Waals surface area contributed by atoms with Gasteiger partial charge in [0.25, 0.3) is 0 Å². The maximum Gasteiger partial charge on any atom is 0.243 e. The first kappa shape index (κ1) is 25.7. The number of sulfonamides is 1. The first-order valence-corrected chi connectivity index (χ1v) is 14.1. The molecule has 3 aromatic rings. The first-order valence-electron chi connectivity index (χ1n) is 10.4. The van der Waals surface area contributed by atoms with Crippen LogP contribution in [0.2, 0.25) is 10.0 Å². The van der Waals surface area contributed by atoms with Crippen molar-refractivity contribution in [3.8, 4) is 0 Å². The number of amides is 1. The van der Waals surface area contributed by atoms with Gasteiger partial charge in [-0.1, -0.05) is 61.1 Å². The number of anilines is 1. The number of hydrogen-bond acceptors (Lipinski definition) is 3. The van der Waals surface area contributed by atoms with Gasteiger partial charge < -0.3 is 4.90 Å². The van der Waals surface area contributed by atoms with Crippen LogP contribution in [0.1, 0.15) is 18.1 Å². The minimum Gasteiger partial charge on any atom is -0.308 e. The van der Waals surface area contributed by atoms with Gasteiger partial charge in [0.1, 0.15) is 0 Å². The Labute approximate surface area is 226 Å². The second-order valence-electron chi connectivity index (χ2n) is 8.07. The highest BCUT2D eigenvalue weighted by Gasteiger charge is 2.34. The Hall–Kier alpha value is -1.42. The van der Waals surface area contributed by atoms with Crippen LogP contribution in [0, 0.1) is 0 Å². The summed E-state index contributed by atoms with van der Waals surface area (Å²) in [5.41, 5.74) is 2.47. The third-order valence-corrected chi connectivity index (χ3v) is 9.20. The molecule has 5 nitrogen and oxygen atoms in total. The zero-order valence-corrected chi connectivity index (χ0v) is 23.5. The van der Waals surface area contributed by atoms with E-state index in [0.29, 0.717) is 22.0 Å². The van der Waals surface area contributed by atoms with Crippen LogP contribution in [-0.2, 0) is 27.8 Å². The fourth-order valence-corrected chi connectivity index (χ4v) is 6.40. The molecule has 0 N–H and O–H groups in total. The Bertz CT molecular complexity index is 1350. The lowest BCUT2D eigenvalue weighted by Gasteiger charge is -2.28. The molecule has 1 atom stereocenters. The third kappa shape index (κ3) is 5.37. The molecule has 0 unspecified atom stereocenters. The second kappa shape index (κ2) is 10.3. The molecule has 34 heavy (non-hydrogen) atoms. The van der Waals surface area contributed by atoms with Crippen molar-refractivity contribution in [3.63, 3.8) is 0 Å². The molecule has 0 saturated carbocycles. The number of benzene rings is 3. The molecule has 0 saturated heterocycles. The first-order chi connectivity index (χ1) is 16.1. The van der Waals surface area contributed by atoms with Gasteiger partial charge in [0.15, 0.2) is 0 Å². The smallest absolute Gasteiger partial charge is 0.243 e. The van der Waals surface area contributed by atoms with Crippen LogP contribution < -0.4 is 4.90 Å². The molecule has 0 aliphatic carbocycles.